The van der Waals surface area contributed by atoms with Crippen LogP contribution in [-0.2, 0) is 11.2 Å². The van der Waals surface area contributed by atoms with Crippen molar-refractivity contribution in [2.75, 3.05) is 5.75 Å². The molecule has 0 fully saturated rings. The van der Waals surface area contributed by atoms with Crippen LogP contribution in [0.2, 0.25) is 5.02 Å². The average molecular weight is 277 g/mol. The van der Waals surface area contributed by atoms with E-state index in [4.69, 9.17) is 11.6 Å². The Kier molecular flexibility index (Phi) is 4.85. The summed E-state index contributed by atoms with van der Waals surface area (Å²) in [6.45, 7) is 0. The molecule has 0 saturated carbocycles. The second kappa shape index (κ2) is 6.62. The van der Waals surface area contributed by atoms with Crippen molar-refractivity contribution in [2.24, 2.45) is 0 Å². The molecule has 0 atom stereocenters. The summed E-state index contributed by atoms with van der Waals surface area (Å²) in [5.74, 6) is 0.709. The van der Waals surface area contributed by atoms with E-state index in [9.17, 15) is 4.79 Å². The number of rotatable bonds is 5. The average Bonchev–Trinajstić information content (AvgIpc) is 2.38. The van der Waals surface area contributed by atoms with E-state index in [1.165, 1.54) is 11.8 Å². The molecule has 0 aliphatic carbocycles. The van der Waals surface area contributed by atoms with Gasteiger partial charge in [-0.15, -0.1) is 11.8 Å². The quantitative estimate of drug-likeness (QED) is 0.760. The zero-order valence-electron chi connectivity index (χ0n) is 9.80. The van der Waals surface area contributed by atoms with Crippen LogP contribution in [0.15, 0.2) is 59.5 Å². The van der Waals surface area contributed by atoms with Gasteiger partial charge in [0.15, 0.2) is 0 Å². The minimum absolute atomic E-state index is 0.228. The number of ketones is 1. The van der Waals surface area contributed by atoms with Crippen molar-refractivity contribution in [3.63, 3.8) is 0 Å². The Bertz CT molecular complexity index is 525. The first kappa shape index (κ1) is 13.2. The van der Waals surface area contributed by atoms with Crippen molar-refractivity contribution in [2.45, 2.75) is 11.3 Å². The number of benzene rings is 2. The lowest BCUT2D eigenvalue weighted by molar-refractivity contribution is -0.116. The standard InChI is InChI=1S/C15H13ClOS/c16-13-7-4-8-15(10-13)18-11-14(17)9-12-5-2-1-3-6-12/h1-8,10H,9,11H2. The molecule has 0 spiro atoms. The van der Waals surface area contributed by atoms with Crippen LogP contribution in [0.5, 0.6) is 0 Å². The van der Waals surface area contributed by atoms with Crippen molar-refractivity contribution in [3.8, 4) is 0 Å². The third-order valence-electron chi connectivity index (χ3n) is 2.44. The minimum Gasteiger partial charge on any atom is -0.298 e. The first-order valence-corrected chi connectivity index (χ1v) is 7.04. The topological polar surface area (TPSA) is 17.1 Å². The first-order valence-electron chi connectivity index (χ1n) is 5.68. The highest BCUT2D eigenvalue weighted by atomic mass is 35.5. The maximum absolute atomic E-state index is 11.8. The van der Waals surface area contributed by atoms with Crippen molar-refractivity contribution < 1.29 is 4.79 Å². The van der Waals surface area contributed by atoms with Gasteiger partial charge >= 0.3 is 0 Å². The summed E-state index contributed by atoms with van der Waals surface area (Å²) in [5.41, 5.74) is 1.06. The molecule has 0 radical (unpaired) electrons. The molecule has 0 bridgehead atoms. The van der Waals surface area contributed by atoms with Gasteiger partial charge in [0, 0.05) is 16.3 Å². The molecule has 2 aromatic rings. The predicted molar refractivity (Wildman–Crippen MR) is 77.3 cm³/mol. The Morgan fingerprint density at radius 2 is 1.83 bits per heavy atom. The molecular formula is C15H13ClOS. The van der Waals surface area contributed by atoms with Crippen LogP contribution in [-0.4, -0.2) is 11.5 Å². The summed E-state index contributed by atoms with van der Waals surface area (Å²) < 4.78 is 0. The predicted octanol–water partition coefficient (Wildman–Crippen LogP) is 4.24. The van der Waals surface area contributed by atoms with Gasteiger partial charge in [-0.25, -0.2) is 0 Å². The molecule has 0 heterocycles. The van der Waals surface area contributed by atoms with Gasteiger partial charge in [0.05, 0.1) is 5.75 Å². The third kappa shape index (κ3) is 4.21. The number of halogens is 1. The van der Waals surface area contributed by atoms with Crippen LogP contribution >= 0.6 is 23.4 Å². The van der Waals surface area contributed by atoms with E-state index in [1.807, 2.05) is 54.6 Å². The molecule has 0 saturated heterocycles. The number of thioether (sulfide) groups is 1. The molecule has 0 amide bonds. The van der Waals surface area contributed by atoms with Crippen LogP contribution < -0.4 is 0 Å². The SMILES string of the molecule is O=C(CSc1cccc(Cl)c1)Cc1ccccc1. The lowest BCUT2D eigenvalue weighted by Gasteiger charge is -2.02. The van der Waals surface area contributed by atoms with Crippen LogP contribution in [0.3, 0.4) is 0 Å². The monoisotopic (exact) mass is 276 g/mol. The van der Waals surface area contributed by atoms with Gasteiger partial charge in [-0.1, -0.05) is 48.0 Å². The lowest BCUT2D eigenvalue weighted by Crippen LogP contribution is -2.05. The van der Waals surface area contributed by atoms with Gasteiger partial charge in [0.2, 0.25) is 0 Å². The van der Waals surface area contributed by atoms with Crippen molar-refractivity contribution >= 4 is 29.1 Å². The molecule has 0 aliphatic heterocycles. The number of hydrogen-bond donors (Lipinski definition) is 0. The van der Waals surface area contributed by atoms with Crippen LogP contribution in [0, 0.1) is 0 Å². The third-order valence-corrected chi connectivity index (χ3v) is 3.73. The molecule has 92 valence electrons. The fourth-order valence-electron chi connectivity index (χ4n) is 1.60. The molecule has 1 nitrogen and oxygen atoms in total. The zero-order chi connectivity index (χ0) is 12.8. The number of hydrogen-bond acceptors (Lipinski definition) is 2. The molecule has 18 heavy (non-hydrogen) atoms. The minimum atomic E-state index is 0.228. The fraction of sp³-hybridized carbons (Fsp3) is 0.133. The Hall–Kier alpha value is -1.25. The molecule has 0 unspecified atom stereocenters. The Morgan fingerprint density at radius 1 is 1.06 bits per heavy atom. The van der Waals surface area contributed by atoms with E-state index in [1.54, 1.807) is 0 Å². The van der Waals surface area contributed by atoms with Gasteiger partial charge in [-0.2, -0.15) is 0 Å². The van der Waals surface area contributed by atoms with E-state index < -0.39 is 0 Å². The van der Waals surface area contributed by atoms with Crippen molar-refractivity contribution in [3.05, 3.63) is 65.2 Å². The fourth-order valence-corrected chi connectivity index (χ4v) is 2.66. The summed E-state index contributed by atoms with van der Waals surface area (Å²) in [6, 6.07) is 17.4. The van der Waals surface area contributed by atoms with Crippen LogP contribution in [0.1, 0.15) is 5.56 Å². The molecule has 0 aliphatic rings. The molecular weight excluding hydrogens is 264 g/mol. The zero-order valence-corrected chi connectivity index (χ0v) is 11.4. The van der Waals surface area contributed by atoms with E-state index in [2.05, 4.69) is 0 Å². The molecule has 2 aromatic carbocycles. The summed E-state index contributed by atoms with van der Waals surface area (Å²) in [7, 11) is 0. The Labute approximate surface area is 116 Å². The number of Topliss-reactive ketones (excluding diaryl/α,β-unsaturated/α-hetero) is 1. The number of carbonyl (C=O) groups is 1. The largest absolute Gasteiger partial charge is 0.298 e. The van der Waals surface area contributed by atoms with E-state index in [-0.39, 0.29) is 5.78 Å². The Balaban J connectivity index is 1.85. The van der Waals surface area contributed by atoms with Crippen molar-refractivity contribution in [1.29, 1.82) is 0 Å². The van der Waals surface area contributed by atoms with Crippen LogP contribution in [0.25, 0.3) is 0 Å². The second-order valence-electron chi connectivity index (χ2n) is 3.95. The summed E-state index contributed by atoms with van der Waals surface area (Å²) in [4.78, 5) is 12.8. The molecule has 3 heteroatoms. The maximum Gasteiger partial charge on any atom is 0.147 e. The van der Waals surface area contributed by atoms with Crippen LogP contribution in [0.4, 0.5) is 0 Å². The van der Waals surface area contributed by atoms with E-state index in [0.29, 0.717) is 17.2 Å². The van der Waals surface area contributed by atoms with Crippen molar-refractivity contribution in [1.82, 2.24) is 0 Å². The summed E-state index contributed by atoms with van der Waals surface area (Å²) >= 11 is 7.42. The van der Waals surface area contributed by atoms with Gasteiger partial charge < -0.3 is 0 Å². The molecule has 0 aromatic heterocycles. The summed E-state index contributed by atoms with van der Waals surface area (Å²) in [5, 5.41) is 0.704. The normalized spacial score (nSPS) is 10.3. The molecule has 0 N–H and O–H groups in total. The first-order chi connectivity index (χ1) is 8.74. The highest BCUT2D eigenvalue weighted by Crippen LogP contribution is 2.21. The highest BCUT2D eigenvalue weighted by Gasteiger charge is 2.04. The van der Waals surface area contributed by atoms with E-state index >= 15 is 0 Å². The van der Waals surface area contributed by atoms with Gasteiger partial charge in [-0.3, -0.25) is 4.79 Å². The lowest BCUT2D eigenvalue weighted by atomic mass is 10.1. The van der Waals surface area contributed by atoms with Gasteiger partial charge in [0.25, 0.3) is 0 Å². The van der Waals surface area contributed by atoms with Gasteiger partial charge in [0.1, 0.15) is 5.78 Å². The maximum atomic E-state index is 11.8. The summed E-state index contributed by atoms with van der Waals surface area (Å²) in [6.07, 6.45) is 0.494. The highest BCUT2D eigenvalue weighted by molar-refractivity contribution is 8.00. The smallest absolute Gasteiger partial charge is 0.147 e. The van der Waals surface area contributed by atoms with Gasteiger partial charge in [-0.05, 0) is 23.8 Å². The number of carbonyl (C=O) groups excluding carboxylic acids is 1. The second-order valence-corrected chi connectivity index (χ2v) is 5.43. The molecule has 2 rings (SSSR count). The Morgan fingerprint density at radius 3 is 2.56 bits per heavy atom. The van der Waals surface area contributed by atoms with E-state index in [0.717, 1.165) is 10.5 Å².